The molecular formula is C30H32Cl2N2O4. The van der Waals surface area contributed by atoms with Crippen LogP contribution in [-0.4, -0.2) is 63.9 Å². The third-order valence-electron chi connectivity index (χ3n) is 7.18. The van der Waals surface area contributed by atoms with Crippen molar-refractivity contribution in [2.24, 2.45) is 11.8 Å². The average Bonchev–Trinajstić information content (AvgIpc) is 2.96. The fourth-order valence-corrected chi connectivity index (χ4v) is 5.71. The van der Waals surface area contributed by atoms with Crippen LogP contribution in [0, 0.1) is 11.8 Å². The first-order chi connectivity index (χ1) is 18.4. The first-order valence-corrected chi connectivity index (χ1v) is 13.3. The molecule has 1 heterocycles. The zero-order valence-electron chi connectivity index (χ0n) is 21.7. The van der Waals surface area contributed by atoms with E-state index in [0.717, 1.165) is 6.54 Å². The summed E-state index contributed by atoms with van der Waals surface area (Å²) in [5.74, 6) is -0.499. The van der Waals surface area contributed by atoms with Crippen molar-refractivity contribution in [3.63, 3.8) is 0 Å². The van der Waals surface area contributed by atoms with Gasteiger partial charge in [-0.25, -0.2) is 0 Å². The number of carbonyl (C=O) groups excluding carboxylic acids is 2. The second-order valence-corrected chi connectivity index (χ2v) is 10.2. The van der Waals surface area contributed by atoms with E-state index in [1.54, 1.807) is 68.8 Å². The molecule has 0 unspecified atom stereocenters. The Kier molecular flexibility index (Phi) is 9.44. The van der Waals surface area contributed by atoms with E-state index in [-0.39, 0.29) is 11.6 Å². The van der Waals surface area contributed by atoms with Gasteiger partial charge in [-0.15, -0.1) is 0 Å². The molecule has 1 saturated heterocycles. The van der Waals surface area contributed by atoms with Crippen molar-refractivity contribution in [1.82, 2.24) is 10.2 Å². The van der Waals surface area contributed by atoms with Crippen LogP contribution in [0.4, 0.5) is 0 Å². The highest BCUT2D eigenvalue weighted by Gasteiger charge is 2.45. The Morgan fingerprint density at radius 2 is 1.39 bits per heavy atom. The minimum atomic E-state index is -0.539. The molecule has 1 fully saturated rings. The second kappa shape index (κ2) is 12.8. The topological polar surface area (TPSA) is 67.9 Å². The van der Waals surface area contributed by atoms with Crippen molar-refractivity contribution >= 4 is 34.8 Å². The predicted octanol–water partition coefficient (Wildman–Crippen LogP) is 5.63. The molecule has 0 bridgehead atoms. The van der Waals surface area contributed by atoms with Crippen LogP contribution >= 0.6 is 23.2 Å². The number of Topliss-reactive ketones (excluding diaryl/α,β-unsaturated/α-hetero) is 2. The number of nitrogens with zero attached hydrogens (tertiary/aromatic N) is 1. The Bertz CT molecular complexity index is 1230. The van der Waals surface area contributed by atoms with Crippen LogP contribution in [0.2, 0.25) is 10.0 Å². The number of benzene rings is 3. The zero-order chi connectivity index (χ0) is 27.2. The van der Waals surface area contributed by atoms with Gasteiger partial charge in [0.1, 0.15) is 11.5 Å². The molecule has 3 aromatic rings. The maximum absolute atomic E-state index is 14.2. The first-order valence-electron chi connectivity index (χ1n) is 12.5. The van der Waals surface area contributed by atoms with Crippen LogP contribution in [0.5, 0.6) is 11.5 Å². The summed E-state index contributed by atoms with van der Waals surface area (Å²) in [6, 6.07) is 19.7. The lowest BCUT2D eigenvalue weighted by Crippen LogP contribution is -2.51. The van der Waals surface area contributed by atoms with Gasteiger partial charge in [0.2, 0.25) is 0 Å². The number of methoxy groups -OCH3 is 2. The fourth-order valence-electron chi connectivity index (χ4n) is 5.28. The average molecular weight is 556 g/mol. The molecule has 0 aromatic heterocycles. The highest BCUT2D eigenvalue weighted by molar-refractivity contribution is 6.42. The van der Waals surface area contributed by atoms with Gasteiger partial charge < -0.3 is 19.7 Å². The Morgan fingerprint density at radius 1 is 0.868 bits per heavy atom. The van der Waals surface area contributed by atoms with Crippen molar-refractivity contribution in [2.45, 2.75) is 5.92 Å². The molecular weight excluding hydrogens is 523 g/mol. The van der Waals surface area contributed by atoms with Crippen LogP contribution in [-0.2, 0) is 0 Å². The van der Waals surface area contributed by atoms with Gasteiger partial charge >= 0.3 is 0 Å². The second-order valence-electron chi connectivity index (χ2n) is 9.44. The van der Waals surface area contributed by atoms with Crippen LogP contribution in [0.25, 0.3) is 0 Å². The highest BCUT2D eigenvalue weighted by Crippen LogP contribution is 2.45. The van der Waals surface area contributed by atoms with E-state index in [0.29, 0.717) is 57.9 Å². The van der Waals surface area contributed by atoms with Crippen LogP contribution < -0.4 is 14.8 Å². The number of hydrogen-bond acceptors (Lipinski definition) is 6. The van der Waals surface area contributed by atoms with Crippen molar-refractivity contribution < 1.29 is 19.1 Å². The molecule has 1 aliphatic rings. The van der Waals surface area contributed by atoms with Gasteiger partial charge in [0.05, 0.1) is 24.3 Å². The number of ether oxygens (including phenoxy) is 2. The Hall–Kier alpha value is -2.90. The summed E-state index contributed by atoms with van der Waals surface area (Å²) in [4.78, 5) is 30.5. The van der Waals surface area contributed by atoms with E-state index >= 15 is 0 Å². The van der Waals surface area contributed by atoms with E-state index in [2.05, 4.69) is 10.2 Å². The maximum Gasteiger partial charge on any atom is 0.167 e. The molecule has 0 spiro atoms. The van der Waals surface area contributed by atoms with Crippen molar-refractivity contribution in [1.29, 1.82) is 0 Å². The van der Waals surface area contributed by atoms with E-state index < -0.39 is 17.8 Å². The van der Waals surface area contributed by atoms with Crippen LogP contribution in [0.15, 0.2) is 66.7 Å². The molecule has 0 aliphatic carbocycles. The molecule has 4 rings (SSSR count). The summed E-state index contributed by atoms with van der Waals surface area (Å²) in [5, 5.41) is 3.93. The van der Waals surface area contributed by atoms with E-state index in [4.69, 9.17) is 32.7 Å². The lowest BCUT2D eigenvalue weighted by molar-refractivity contribution is 0.0576. The number of likely N-dealkylation sites (N-methyl/N-ethyl adjacent to an activating group) is 1. The smallest absolute Gasteiger partial charge is 0.167 e. The number of hydrogen-bond donors (Lipinski definition) is 1. The maximum atomic E-state index is 14.2. The number of halogens is 2. The molecule has 0 amide bonds. The molecule has 1 N–H and O–H groups in total. The summed E-state index contributed by atoms with van der Waals surface area (Å²) in [6.07, 6.45) is 0. The van der Waals surface area contributed by atoms with Crippen LogP contribution in [0.1, 0.15) is 32.2 Å². The monoisotopic (exact) mass is 554 g/mol. The quantitative estimate of drug-likeness (QED) is 0.328. The van der Waals surface area contributed by atoms with E-state index in [1.165, 1.54) is 0 Å². The fraction of sp³-hybridized carbons (Fsp3) is 0.333. The van der Waals surface area contributed by atoms with Gasteiger partial charge in [0, 0.05) is 55.1 Å². The molecule has 200 valence electrons. The Balaban J connectivity index is 1.85. The molecule has 1 aliphatic heterocycles. The summed E-state index contributed by atoms with van der Waals surface area (Å²) in [5.41, 5.74) is 1.76. The minimum absolute atomic E-state index is 0.0671. The van der Waals surface area contributed by atoms with Crippen LogP contribution in [0.3, 0.4) is 0 Å². The Morgan fingerprint density at radius 3 is 1.89 bits per heavy atom. The van der Waals surface area contributed by atoms with Gasteiger partial charge in [-0.1, -0.05) is 59.6 Å². The molecule has 0 saturated carbocycles. The summed E-state index contributed by atoms with van der Waals surface area (Å²) < 4.78 is 10.8. The van der Waals surface area contributed by atoms with Gasteiger partial charge in [-0.3, -0.25) is 9.59 Å². The van der Waals surface area contributed by atoms with Gasteiger partial charge in [0.25, 0.3) is 0 Å². The predicted molar refractivity (Wildman–Crippen MR) is 151 cm³/mol. The van der Waals surface area contributed by atoms with Crippen molar-refractivity contribution in [3.05, 3.63) is 93.5 Å². The minimum Gasteiger partial charge on any atom is -0.497 e. The number of carbonyl (C=O) groups is 2. The van der Waals surface area contributed by atoms with E-state index in [1.807, 2.05) is 19.2 Å². The number of nitrogens with one attached hydrogen (secondary N) is 1. The molecule has 8 heteroatoms. The standard InChI is InChI=1S/C30H32Cl2N2O4/c1-33-13-14-34-17-24(29(35)19-7-4-9-21(15-19)37-2)27(23-11-6-12-26(31)28(23)32)25(18-34)30(36)20-8-5-10-22(16-20)38-3/h4-12,15-16,24-25,27,33H,13-14,17-18H2,1-3H3/t24-,25-/m0/s1. The largest absolute Gasteiger partial charge is 0.497 e. The summed E-state index contributed by atoms with van der Waals surface area (Å²) >= 11 is 13.2. The molecule has 2 atom stereocenters. The van der Waals surface area contributed by atoms with Gasteiger partial charge in [-0.2, -0.15) is 0 Å². The zero-order valence-corrected chi connectivity index (χ0v) is 23.3. The number of piperidine rings is 1. The SMILES string of the molecule is CNCCN1C[C@H](C(=O)c2cccc(OC)c2)C(c2cccc(Cl)c2Cl)[C@@H](C(=O)c2cccc(OC)c2)C1. The number of ketones is 2. The highest BCUT2D eigenvalue weighted by atomic mass is 35.5. The third-order valence-corrected chi connectivity index (χ3v) is 8.01. The molecule has 38 heavy (non-hydrogen) atoms. The number of rotatable bonds is 10. The van der Waals surface area contributed by atoms with Crippen molar-refractivity contribution in [3.8, 4) is 11.5 Å². The first kappa shape index (κ1) is 28.1. The summed E-state index contributed by atoms with van der Waals surface area (Å²) in [7, 11) is 5.03. The lowest BCUT2D eigenvalue weighted by atomic mass is 9.68. The van der Waals surface area contributed by atoms with Crippen molar-refractivity contribution in [2.75, 3.05) is 47.4 Å². The van der Waals surface area contributed by atoms with E-state index in [9.17, 15) is 9.59 Å². The normalized spacial score (nSPS) is 18.2. The Labute approximate surface area is 233 Å². The van der Waals surface area contributed by atoms with Gasteiger partial charge in [-0.05, 0) is 42.9 Å². The number of likely N-dealkylation sites (tertiary alicyclic amines) is 1. The lowest BCUT2D eigenvalue weighted by Gasteiger charge is -2.43. The molecule has 0 radical (unpaired) electrons. The summed E-state index contributed by atoms with van der Waals surface area (Å²) in [6.45, 7) is 2.37. The van der Waals surface area contributed by atoms with Gasteiger partial charge in [0.15, 0.2) is 11.6 Å². The third kappa shape index (κ3) is 6.05. The molecule has 3 aromatic carbocycles. The molecule has 6 nitrogen and oxygen atoms in total.